The first-order valence-electron chi connectivity index (χ1n) is 11.0. The first-order valence-corrected chi connectivity index (χ1v) is 11.0. The van der Waals surface area contributed by atoms with Crippen molar-refractivity contribution in [2.75, 3.05) is 14.2 Å². The number of hydrogen-bond donors (Lipinski definition) is 1. The molecule has 3 rings (SSSR count). The summed E-state index contributed by atoms with van der Waals surface area (Å²) >= 11 is 0. The third-order valence-electron chi connectivity index (χ3n) is 5.34. The Morgan fingerprint density at radius 2 is 1.84 bits per heavy atom. The van der Waals surface area contributed by atoms with Crippen molar-refractivity contribution in [1.82, 2.24) is 0 Å². The second kappa shape index (κ2) is 12.0. The molecule has 0 saturated heterocycles. The fourth-order valence-electron chi connectivity index (χ4n) is 3.46. The van der Waals surface area contributed by atoms with Gasteiger partial charge in [0.1, 0.15) is 28.9 Å². The lowest BCUT2D eigenvalue weighted by Crippen LogP contribution is -1.95. The molecule has 3 aromatic rings. The average molecular weight is 433 g/mol. The highest BCUT2D eigenvalue weighted by atomic mass is 16.5. The highest BCUT2D eigenvalue weighted by molar-refractivity contribution is 5.77. The number of aliphatic hydroxyl groups excluding tert-OH is 1. The Labute approximate surface area is 190 Å². The third-order valence-corrected chi connectivity index (χ3v) is 5.34. The van der Waals surface area contributed by atoms with Crippen molar-refractivity contribution in [3.8, 4) is 11.5 Å². The predicted molar refractivity (Wildman–Crippen MR) is 131 cm³/mol. The molecule has 1 aromatic heterocycles. The van der Waals surface area contributed by atoms with E-state index in [1.807, 2.05) is 48.5 Å². The Balaban J connectivity index is 1.42. The van der Waals surface area contributed by atoms with Crippen LogP contribution >= 0.6 is 0 Å². The van der Waals surface area contributed by atoms with Crippen LogP contribution in [-0.2, 0) is 0 Å². The quantitative estimate of drug-likeness (QED) is 0.256. The molecule has 4 nitrogen and oxygen atoms in total. The number of fused-ring (bicyclic) bond motifs is 1. The summed E-state index contributed by atoms with van der Waals surface area (Å²) in [7, 11) is 3.33. The van der Waals surface area contributed by atoms with Crippen LogP contribution in [0.2, 0.25) is 0 Å². The Morgan fingerprint density at radius 3 is 2.62 bits per heavy atom. The van der Waals surface area contributed by atoms with Crippen molar-refractivity contribution in [1.29, 1.82) is 0 Å². The van der Waals surface area contributed by atoms with Gasteiger partial charge in [-0.25, -0.2) is 0 Å². The molecule has 0 spiro atoms. The smallest absolute Gasteiger partial charge is 0.134 e. The zero-order valence-electron chi connectivity index (χ0n) is 19.1. The zero-order chi connectivity index (χ0) is 22.8. The minimum Gasteiger partial charge on any atom is -0.497 e. The zero-order valence-corrected chi connectivity index (χ0v) is 19.1. The van der Waals surface area contributed by atoms with Gasteiger partial charge >= 0.3 is 0 Å². The van der Waals surface area contributed by atoms with E-state index in [9.17, 15) is 5.11 Å². The molecule has 4 heteroatoms. The summed E-state index contributed by atoms with van der Waals surface area (Å²) in [5, 5.41) is 11.5. The van der Waals surface area contributed by atoms with E-state index < -0.39 is 6.10 Å². The lowest BCUT2D eigenvalue weighted by molar-refractivity contribution is 0.143. The summed E-state index contributed by atoms with van der Waals surface area (Å²) in [6.07, 6.45) is 13.3. The van der Waals surface area contributed by atoms with Crippen LogP contribution in [0, 0.1) is 0 Å². The third kappa shape index (κ3) is 6.63. The van der Waals surface area contributed by atoms with Crippen LogP contribution in [-0.4, -0.2) is 19.3 Å². The first-order chi connectivity index (χ1) is 15.6. The SMILES string of the molecule is COc1ccc(OC)c(/C=C\CC/C=C/C=C(\C)CCC(O)c2cc3ccccc3o2)c1. The summed E-state index contributed by atoms with van der Waals surface area (Å²) in [5.74, 6) is 2.28. The van der Waals surface area contributed by atoms with Crippen LogP contribution in [0.5, 0.6) is 11.5 Å². The fourth-order valence-corrected chi connectivity index (χ4v) is 3.46. The molecular weight excluding hydrogens is 400 g/mol. The molecule has 0 fully saturated rings. The monoisotopic (exact) mass is 432 g/mol. The summed E-state index contributed by atoms with van der Waals surface area (Å²) in [6.45, 7) is 2.09. The second-order valence-electron chi connectivity index (χ2n) is 7.77. The molecule has 0 aliphatic rings. The number of para-hydroxylation sites is 1. The van der Waals surface area contributed by atoms with Gasteiger partial charge in [0.15, 0.2) is 0 Å². The van der Waals surface area contributed by atoms with E-state index in [1.54, 1.807) is 14.2 Å². The molecule has 0 aliphatic carbocycles. The van der Waals surface area contributed by atoms with E-state index in [1.165, 1.54) is 5.57 Å². The van der Waals surface area contributed by atoms with Gasteiger partial charge in [-0.1, -0.05) is 54.2 Å². The number of rotatable bonds is 11. The largest absolute Gasteiger partial charge is 0.497 e. The summed E-state index contributed by atoms with van der Waals surface area (Å²) < 4.78 is 16.4. The van der Waals surface area contributed by atoms with Gasteiger partial charge in [-0.2, -0.15) is 0 Å². The Kier molecular flexibility index (Phi) is 8.76. The van der Waals surface area contributed by atoms with Gasteiger partial charge in [-0.05, 0) is 62.9 Å². The molecular formula is C28H32O4. The molecule has 1 heterocycles. The molecule has 0 bridgehead atoms. The normalized spacial score (nSPS) is 13.3. The maximum atomic E-state index is 10.4. The minimum absolute atomic E-state index is 0.589. The van der Waals surface area contributed by atoms with E-state index in [0.717, 1.165) is 47.3 Å². The molecule has 1 unspecified atom stereocenters. The van der Waals surface area contributed by atoms with Crippen LogP contribution in [0.1, 0.15) is 50.0 Å². The number of ether oxygens (including phenoxy) is 2. The van der Waals surface area contributed by atoms with Crippen LogP contribution < -0.4 is 9.47 Å². The van der Waals surface area contributed by atoms with Crippen LogP contribution in [0.4, 0.5) is 0 Å². The fraction of sp³-hybridized carbons (Fsp3) is 0.286. The first kappa shape index (κ1) is 23.4. The summed E-state index contributed by atoms with van der Waals surface area (Å²) in [5.41, 5.74) is 3.05. The minimum atomic E-state index is -0.589. The van der Waals surface area contributed by atoms with Crippen LogP contribution in [0.25, 0.3) is 17.0 Å². The molecule has 0 aliphatic heterocycles. The van der Waals surface area contributed by atoms with Gasteiger partial charge < -0.3 is 19.0 Å². The van der Waals surface area contributed by atoms with E-state index in [4.69, 9.17) is 13.9 Å². The summed E-state index contributed by atoms with van der Waals surface area (Å²) in [6, 6.07) is 15.5. The van der Waals surface area contributed by atoms with E-state index >= 15 is 0 Å². The molecule has 0 saturated carbocycles. The maximum absolute atomic E-state index is 10.4. The Hall–Kier alpha value is -3.24. The Morgan fingerprint density at radius 1 is 1.03 bits per heavy atom. The van der Waals surface area contributed by atoms with Gasteiger partial charge in [0, 0.05) is 10.9 Å². The number of benzene rings is 2. The molecule has 1 atom stereocenters. The standard InChI is InChI=1S/C28H32O4/c1-21(15-17-25(29)28-20-23-13-9-10-14-27(23)32-28)11-7-5-4-6-8-12-22-19-24(30-2)16-18-26(22)31-3/h5,7-14,16,18-20,25,29H,4,6,15,17H2,1-3H3/b7-5+,12-8-,21-11+. The average Bonchev–Trinajstić information content (AvgIpc) is 3.26. The Bertz CT molecular complexity index is 1050. The number of allylic oxidation sites excluding steroid dienone is 5. The van der Waals surface area contributed by atoms with E-state index in [2.05, 4.69) is 37.3 Å². The number of furan rings is 1. The highest BCUT2D eigenvalue weighted by Crippen LogP contribution is 2.27. The van der Waals surface area contributed by atoms with Crippen molar-refractivity contribution in [3.63, 3.8) is 0 Å². The van der Waals surface area contributed by atoms with E-state index in [-0.39, 0.29) is 0 Å². The van der Waals surface area contributed by atoms with Crippen molar-refractivity contribution in [2.45, 2.75) is 38.7 Å². The number of hydrogen-bond acceptors (Lipinski definition) is 4. The lowest BCUT2D eigenvalue weighted by Gasteiger charge is -2.07. The van der Waals surface area contributed by atoms with Gasteiger partial charge in [0.25, 0.3) is 0 Å². The molecule has 0 radical (unpaired) electrons. The molecule has 32 heavy (non-hydrogen) atoms. The second-order valence-corrected chi connectivity index (χ2v) is 7.77. The van der Waals surface area contributed by atoms with Gasteiger partial charge in [-0.3, -0.25) is 0 Å². The van der Waals surface area contributed by atoms with Crippen LogP contribution in [0.15, 0.2) is 82.8 Å². The lowest BCUT2D eigenvalue weighted by atomic mass is 10.1. The number of aliphatic hydroxyl groups is 1. The van der Waals surface area contributed by atoms with Crippen LogP contribution in [0.3, 0.4) is 0 Å². The van der Waals surface area contributed by atoms with Crippen molar-refractivity contribution in [2.24, 2.45) is 0 Å². The van der Waals surface area contributed by atoms with Gasteiger partial charge in [0.05, 0.1) is 14.2 Å². The highest BCUT2D eigenvalue weighted by Gasteiger charge is 2.13. The molecule has 2 aromatic carbocycles. The topological polar surface area (TPSA) is 51.8 Å². The predicted octanol–water partition coefficient (Wildman–Crippen LogP) is 7.26. The van der Waals surface area contributed by atoms with Crippen molar-refractivity contribution < 1.29 is 19.0 Å². The number of unbranched alkanes of at least 4 members (excludes halogenated alkanes) is 1. The molecule has 0 amide bonds. The maximum Gasteiger partial charge on any atom is 0.134 e. The van der Waals surface area contributed by atoms with Gasteiger partial charge in [0.2, 0.25) is 0 Å². The van der Waals surface area contributed by atoms with E-state index in [0.29, 0.717) is 12.2 Å². The molecule has 1 N–H and O–H groups in total. The van der Waals surface area contributed by atoms with Crippen molar-refractivity contribution in [3.05, 3.63) is 89.7 Å². The number of methoxy groups -OCH3 is 2. The summed E-state index contributed by atoms with van der Waals surface area (Å²) in [4.78, 5) is 0. The van der Waals surface area contributed by atoms with Gasteiger partial charge in [-0.15, -0.1) is 0 Å². The van der Waals surface area contributed by atoms with Crippen molar-refractivity contribution >= 4 is 17.0 Å². The molecule has 168 valence electrons.